The molecular weight excluding hydrogens is 400 g/mol. The van der Waals surface area contributed by atoms with Crippen LogP contribution in [0.5, 0.6) is 17.2 Å². The van der Waals surface area contributed by atoms with Crippen molar-refractivity contribution < 1.29 is 14.2 Å². The van der Waals surface area contributed by atoms with Gasteiger partial charge in [-0.1, -0.05) is 35.9 Å². The quantitative estimate of drug-likeness (QED) is 0.551. The van der Waals surface area contributed by atoms with Crippen LogP contribution in [0.25, 0.3) is 0 Å². The number of hydrogen-bond donors (Lipinski definition) is 0. The van der Waals surface area contributed by atoms with Gasteiger partial charge in [-0.3, -0.25) is 0 Å². The minimum Gasteiger partial charge on any atom is -0.497 e. The number of methoxy groups -OCH3 is 2. The lowest BCUT2D eigenvalue weighted by molar-refractivity contribution is -0.0208. The second-order valence-corrected chi connectivity index (χ2v) is 7.72. The van der Waals surface area contributed by atoms with Crippen molar-refractivity contribution in [2.45, 2.75) is 18.7 Å². The van der Waals surface area contributed by atoms with E-state index in [1.807, 2.05) is 65.7 Å². The molecule has 0 saturated carbocycles. The molecule has 5 rings (SSSR count). The number of benzene rings is 3. The zero-order valence-corrected chi connectivity index (χ0v) is 17.5. The van der Waals surface area contributed by atoms with Crippen LogP contribution < -0.4 is 14.2 Å². The maximum atomic E-state index is 6.44. The Morgan fingerprint density at radius 2 is 1.80 bits per heavy atom. The molecule has 3 aromatic carbocycles. The second-order valence-electron chi connectivity index (χ2n) is 7.28. The van der Waals surface area contributed by atoms with Gasteiger partial charge >= 0.3 is 0 Å². The number of hydrogen-bond acceptors (Lipinski definition) is 5. The normalized spacial score (nSPS) is 19.4. The van der Waals surface area contributed by atoms with Crippen molar-refractivity contribution >= 4 is 17.3 Å². The highest BCUT2D eigenvalue weighted by Gasteiger charge is 2.42. The SMILES string of the molecule is COc1ccc(C2=NN3[C@H](C2)c2cccc(OC)c2O[C@H]3c2cccc(Cl)c2)cc1. The molecule has 2 atom stereocenters. The van der Waals surface area contributed by atoms with Gasteiger partial charge in [0.05, 0.1) is 26.0 Å². The molecule has 152 valence electrons. The smallest absolute Gasteiger partial charge is 0.214 e. The standard InChI is InChI=1S/C24H21ClN2O3/c1-28-18-11-9-15(10-12-18)20-14-21-19-7-4-8-22(29-2)23(19)30-24(27(21)26-20)16-5-3-6-17(25)13-16/h3-13,21,24H,14H2,1-2H3/t21-,24+/m1/s1. The number of nitrogens with zero attached hydrogens (tertiary/aromatic N) is 2. The van der Waals surface area contributed by atoms with E-state index in [1.165, 1.54) is 0 Å². The van der Waals surface area contributed by atoms with Crippen LogP contribution in [-0.4, -0.2) is 24.9 Å². The summed E-state index contributed by atoms with van der Waals surface area (Å²) in [6.45, 7) is 0. The van der Waals surface area contributed by atoms with E-state index in [4.69, 9.17) is 30.9 Å². The Morgan fingerprint density at radius 1 is 1.00 bits per heavy atom. The minimum absolute atomic E-state index is 0.0462. The number of rotatable bonds is 4. The summed E-state index contributed by atoms with van der Waals surface area (Å²) < 4.78 is 17.3. The third kappa shape index (κ3) is 3.15. The monoisotopic (exact) mass is 420 g/mol. The van der Waals surface area contributed by atoms with Gasteiger partial charge in [0.1, 0.15) is 5.75 Å². The molecule has 5 nitrogen and oxygen atoms in total. The van der Waals surface area contributed by atoms with Crippen molar-refractivity contribution in [3.8, 4) is 17.2 Å². The fraction of sp³-hybridized carbons (Fsp3) is 0.208. The number of hydrazone groups is 1. The van der Waals surface area contributed by atoms with Crippen LogP contribution in [0.3, 0.4) is 0 Å². The van der Waals surface area contributed by atoms with Crippen molar-refractivity contribution in [1.29, 1.82) is 0 Å². The number of para-hydroxylation sites is 1. The molecule has 0 aromatic heterocycles. The average molecular weight is 421 g/mol. The molecule has 0 radical (unpaired) electrons. The molecular formula is C24H21ClN2O3. The van der Waals surface area contributed by atoms with Crippen molar-refractivity contribution in [3.63, 3.8) is 0 Å². The second kappa shape index (κ2) is 7.58. The Kier molecular flexibility index (Phi) is 4.75. The van der Waals surface area contributed by atoms with Gasteiger partial charge in [0.2, 0.25) is 6.23 Å². The number of ether oxygens (including phenoxy) is 3. The summed E-state index contributed by atoms with van der Waals surface area (Å²) >= 11 is 6.27. The summed E-state index contributed by atoms with van der Waals surface area (Å²) in [4.78, 5) is 0. The molecule has 3 aromatic rings. The van der Waals surface area contributed by atoms with Crippen LogP contribution >= 0.6 is 11.6 Å². The lowest BCUT2D eigenvalue weighted by atomic mass is 9.95. The van der Waals surface area contributed by atoms with E-state index in [-0.39, 0.29) is 6.04 Å². The Hall–Kier alpha value is -3.18. The van der Waals surface area contributed by atoms with Crippen LogP contribution in [0.2, 0.25) is 5.02 Å². The molecule has 30 heavy (non-hydrogen) atoms. The Labute approximate surface area is 180 Å². The van der Waals surface area contributed by atoms with Gasteiger partial charge in [-0.25, -0.2) is 5.01 Å². The van der Waals surface area contributed by atoms with Gasteiger partial charge in [0.15, 0.2) is 11.5 Å². The molecule has 2 aliphatic rings. The molecule has 2 aliphatic heterocycles. The van der Waals surface area contributed by atoms with Gasteiger partial charge in [0, 0.05) is 22.6 Å². The largest absolute Gasteiger partial charge is 0.497 e. The predicted octanol–water partition coefficient (Wildman–Crippen LogP) is 5.60. The van der Waals surface area contributed by atoms with Crippen molar-refractivity contribution in [2.75, 3.05) is 14.2 Å². The average Bonchev–Trinajstić information content (AvgIpc) is 3.24. The third-order valence-electron chi connectivity index (χ3n) is 5.56. The Morgan fingerprint density at radius 3 is 2.53 bits per heavy atom. The first-order valence-electron chi connectivity index (χ1n) is 9.77. The van der Waals surface area contributed by atoms with E-state index >= 15 is 0 Å². The van der Waals surface area contributed by atoms with Crippen LogP contribution in [0, 0.1) is 0 Å². The van der Waals surface area contributed by atoms with Crippen LogP contribution in [0.4, 0.5) is 0 Å². The number of fused-ring (bicyclic) bond motifs is 3. The number of halogens is 1. The van der Waals surface area contributed by atoms with Crippen molar-refractivity contribution in [1.82, 2.24) is 5.01 Å². The third-order valence-corrected chi connectivity index (χ3v) is 5.79. The Bertz CT molecular complexity index is 1110. The van der Waals surface area contributed by atoms with Crippen LogP contribution in [-0.2, 0) is 0 Å². The predicted molar refractivity (Wildman–Crippen MR) is 117 cm³/mol. The van der Waals surface area contributed by atoms with Gasteiger partial charge in [-0.15, -0.1) is 0 Å². The lowest BCUT2D eigenvalue weighted by Crippen LogP contribution is -2.33. The summed E-state index contributed by atoms with van der Waals surface area (Å²) in [5.74, 6) is 2.31. The summed E-state index contributed by atoms with van der Waals surface area (Å²) in [6.07, 6.45) is 0.376. The molecule has 0 unspecified atom stereocenters. The van der Waals surface area contributed by atoms with E-state index in [9.17, 15) is 0 Å². The van der Waals surface area contributed by atoms with Crippen LogP contribution in [0.1, 0.15) is 35.4 Å². The first kappa shape index (κ1) is 18.8. The molecule has 0 amide bonds. The van der Waals surface area contributed by atoms with Gasteiger partial charge < -0.3 is 14.2 Å². The molecule has 0 aliphatic carbocycles. The summed E-state index contributed by atoms with van der Waals surface area (Å²) in [5.41, 5.74) is 4.09. The maximum Gasteiger partial charge on any atom is 0.214 e. The summed E-state index contributed by atoms with van der Waals surface area (Å²) in [6, 6.07) is 21.7. The van der Waals surface area contributed by atoms with Crippen LogP contribution in [0.15, 0.2) is 71.8 Å². The lowest BCUT2D eigenvalue weighted by Gasteiger charge is -2.38. The van der Waals surface area contributed by atoms with Gasteiger partial charge in [-0.2, -0.15) is 5.10 Å². The van der Waals surface area contributed by atoms with E-state index in [0.29, 0.717) is 5.02 Å². The van der Waals surface area contributed by atoms with E-state index in [0.717, 1.165) is 46.1 Å². The Balaban J connectivity index is 1.60. The van der Waals surface area contributed by atoms with Crippen molar-refractivity contribution in [3.05, 3.63) is 88.4 Å². The topological polar surface area (TPSA) is 43.3 Å². The van der Waals surface area contributed by atoms with E-state index in [2.05, 4.69) is 6.07 Å². The van der Waals surface area contributed by atoms with E-state index in [1.54, 1.807) is 14.2 Å². The highest BCUT2D eigenvalue weighted by atomic mass is 35.5. The van der Waals surface area contributed by atoms with Crippen molar-refractivity contribution in [2.24, 2.45) is 5.10 Å². The first-order chi connectivity index (χ1) is 14.7. The highest BCUT2D eigenvalue weighted by molar-refractivity contribution is 6.30. The van der Waals surface area contributed by atoms with Gasteiger partial charge in [0.25, 0.3) is 0 Å². The summed E-state index contributed by atoms with van der Waals surface area (Å²) in [5, 5.41) is 7.68. The maximum absolute atomic E-state index is 6.44. The molecule has 0 saturated heterocycles. The zero-order valence-electron chi connectivity index (χ0n) is 16.7. The molecule has 0 fully saturated rings. The van der Waals surface area contributed by atoms with E-state index < -0.39 is 6.23 Å². The zero-order chi connectivity index (χ0) is 20.7. The molecule has 0 bridgehead atoms. The molecule has 6 heteroatoms. The minimum atomic E-state index is -0.395. The first-order valence-corrected chi connectivity index (χ1v) is 10.1. The van der Waals surface area contributed by atoms with Gasteiger partial charge in [-0.05, 0) is 48.0 Å². The summed E-state index contributed by atoms with van der Waals surface area (Å²) in [7, 11) is 3.33. The molecule has 2 heterocycles. The fourth-order valence-corrected chi connectivity index (χ4v) is 4.28. The molecule has 0 spiro atoms. The fourth-order valence-electron chi connectivity index (χ4n) is 4.08. The molecule has 0 N–H and O–H groups in total. The highest BCUT2D eigenvalue weighted by Crippen LogP contribution is 2.50.